The molecule has 0 N–H and O–H groups in total. The molecule has 0 radical (unpaired) electrons. The van der Waals surface area contributed by atoms with Crippen molar-refractivity contribution in [2.24, 2.45) is 10.9 Å². The summed E-state index contributed by atoms with van der Waals surface area (Å²) in [6.07, 6.45) is 9.79. The molecule has 310 valence electrons. The van der Waals surface area contributed by atoms with Crippen molar-refractivity contribution in [3.63, 3.8) is 0 Å². The standard InChI is InChI=1S/C36H43N2O5Si.3C4H9.Sn/c1-34(2,3)44(27-15-9-7-10-16-27,28-17-11-8-12-18-28)42-24-23-36-29-19-13-14-20-31(29)38(33(39)41-6)35(36)22-21-26(37-4)25-30(35)32(40-5)43-36;3*1-3-4-2;/h7-20,30,32H,4,21-25H2,1-3,5-6H3;3*1,3-4H2,2H3;/b37-26-;;;;/t30-,32-,35-,36-;;;;/m1..../s1. The van der Waals surface area contributed by atoms with Gasteiger partial charge in [-0.05, 0) is 0 Å². The summed E-state index contributed by atoms with van der Waals surface area (Å²) in [5.74, 6) is -0.124. The normalized spacial score (nSPS) is 24.0. The van der Waals surface area contributed by atoms with Crippen LogP contribution in [0.15, 0.2) is 89.9 Å². The van der Waals surface area contributed by atoms with E-state index in [2.05, 4.69) is 120 Å². The number of carbonyl (C=O) groups is 1. The number of hydrogen-bond acceptors (Lipinski definition) is 6. The van der Waals surface area contributed by atoms with Crippen LogP contribution in [0, 0.1) is 5.92 Å². The molecule has 0 bridgehead atoms. The third-order valence-electron chi connectivity index (χ3n) is 13.8. The van der Waals surface area contributed by atoms with Crippen LogP contribution in [0.2, 0.25) is 18.3 Å². The van der Waals surface area contributed by atoms with Gasteiger partial charge in [0.1, 0.15) is 0 Å². The van der Waals surface area contributed by atoms with E-state index in [4.69, 9.17) is 23.6 Å². The van der Waals surface area contributed by atoms with Crippen LogP contribution >= 0.6 is 0 Å². The Hall–Kier alpha value is -2.50. The Balaban J connectivity index is 1.41. The molecule has 2 heterocycles. The summed E-state index contributed by atoms with van der Waals surface area (Å²) in [7, 11) is 0.403. The van der Waals surface area contributed by atoms with Gasteiger partial charge in [0.2, 0.25) is 0 Å². The van der Waals surface area contributed by atoms with Crippen LogP contribution in [0.4, 0.5) is 10.5 Å². The van der Waals surface area contributed by atoms with Crippen molar-refractivity contribution in [3.8, 4) is 0 Å². The molecular weight excluding hydrogens is 831 g/mol. The van der Waals surface area contributed by atoms with Gasteiger partial charge in [0.05, 0.1) is 0 Å². The predicted octanol–water partition coefficient (Wildman–Crippen LogP) is 10.8. The summed E-state index contributed by atoms with van der Waals surface area (Å²) < 4.78 is 32.4. The molecule has 1 aliphatic carbocycles. The molecule has 6 rings (SSSR count). The number of amides is 1. The fourth-order valence-electron chi connectivity index (χ4n) is 11.0. The SMILES string of the molecule is CCC[CH2][Sn]([CH2]CCC)([CH2]CCC)[CH2]/N=C1/CC[C@@]23[C@H](C1)[C@H](OC)O[C@]2(CCO[Si](c1ccccc1)(c1ccccc1)C(C)(C)C)c1ccccc1N3C(=O)OC. The Morgan fingerprint density at radius 2 is 1.42 bits per heavy atom. The maximum absolute atomic E-state index is 14.2. The number of rotatable bonds is 18. The zero-order chi connectivity index (χ0) is 40.7. The fourth-order valence-corrected chi connectivity index (χ4v) is 30.1. The van der Waals surface area contributed by atoms with E-state index in [9.17, 15) is 4.79 Å². The molecule has 9 heteroatoms. The minimum absolute atomic E-state index is 0.124. The van der Waals surface area contributed by atoms with Crippen LogP contribution < -0.4 is 15.3 Å². The van der Waals surface area contributed by atoms with Gasteiger partial charge in [-0.15, -0.1) is 0 Å². The second kappa shape index (κ2) is 18.8. The molecule has 2 fully saturated rings. The second-order valence-corrected chi connectivity index (χ2v) is 36.1. The van der Waals surface area contributed by atoms with Crippen LogP contribution in [0.5, 0.6) is 0 Å². The van der Waals surface area contributed by atoms with Crippen molar-refractivity contribution in [1.82, 2.24) is 0 Å². The molecule has 4 atom stereocenters. The van der Waals surface area contributed by atoms with Gasteiger partial charge in [-0.1, -0.05) is 81.4 Å². The number of ether oxygens (including phenoxy) is 3. The molecule has 1 saturated carbocycles. The van der Waals surface area contributed by atoms with Gasteiger partial charge in [-0.2, -0.15) is 0 Å². The number of unbranched alkanes of at least 4 members (excludes halogenated alkanes) is 3. The van der Waals surface area contributed by atoms with Gasteiger partial charge in [0.25, 0.3) is 0 Å². The predicted molar refractivity (Wildman–Crippen MR) is 240 cm³/mol. The average Bonchev–Trinajstić information content (AvgIpc) is 3.64. The number of fused-ring (bicyclic) bond motifs is 2. The summed E-state index contributed by atoms with van der Waals surface area (Å²) in [5, 5.41) is 2.32. The van der Waals surface area contributed by atoms with Crippen LogP contribution in [0.25, 0.3) is 0 Å². The number of anilines is 1. The van der Waals surface area contributed by atoms with E-state index in [-0.39, 0.29) is 17.0 Å². The van der Waals surface area contributed by atoms with Gasteiger partial charge in [0, 0.05) is 0 Å². The molecule has 3 aliphatic rings. The first-order valence-corrected chi connectivity index (χ1v) is 32.0. The van der Waals surface area contributed by atoms with Gasteiger partial charge in [0.15, 0.2) is 0 Å². The van der Waals surface area contributed by atoms with Crippen molar-refractivity contribution in [2.45, 2.75) is 142 Å². The quantitative estimate of drug-likeness (QED) is 0.119. The molecule has 1 saturated heterocycles. The molecule has 1 amide bonds. The second-order valence-electron chi connectivity index (χ2n) is 18.1. The van der Waals surface area contributed by atoms with Crippen molar-refractivity contribution >= 4 is 54.6 Å². The van der Waals surface area contributed by atoms with Crippen molar-refractivity contribution < 1.29 is 23.4 Å². The summed E-state index contributed by atoms with van der Waals surface area (Å²) in [4.78, 5) is 21.8. The minimum atomic E-state index is -2.85. The first kappa shape index (κ1) is 44.1. The van der Waals surface area contributed by atoms with E-state index in [0.717, 1.165) is 35.1 Å². The molecule has 57 heavy (non-hydrogen) atoms. The molecule has 0 unspecified atom stereocenters. The average molecular weight is 902 g/mol. The van der Waals surface area contributed by atoms with Crippen molar-refractivity contribution in [2.75, 3.05) is 30.3 Å². The maximum atomic E-state index is 14.2. The number of methoxy groups -OCH3 is 2. The van der Waals surface area contributed by atoms with Crippen LogP contribution in [0.1, 0.15) is 111 Å². The fraction of sp³-hybridized carbons (Fsp3) is 0.583. The topological polar surface area (TPSA) is 69.6 Å². The molecule has 0 aromatic heterocycles. The Kier molecular flexibility index (Phi) is 14.6. The first-order chi connectivity index (χ1) is 27.5. The number of para-hydroxylation sites is 1. The number of benzene rings is 3. The zero-order valence-corrected chi connectivity index (χ0v) is 40.1. The van der Waals surface area contributed by atoms with E-state index < -0.39 is 44.1 Å². The summed E-state index contributed by atoms with van der Waals surface area (Å²) in [6, 6.07) is 30.0. The first-order valence-electron chi connectivity index (χ1n) is 22.0. The summed E-state index contributed by atoms with van der Waals surface area (Å²) in [6.45, 7) is 14.4. The van der Waals surface area contributed by atoms with Crippen molar-refractivity contribution in [1.29, 1.82) is 0 Å². The Labute approximate surface area is 349 Å². The van der Waals surface area contributed by atoms with Gasteiger partial charge in [-0.25, -0.2) is 0 Å². The van der Waals surface area contributed by atoms with E-state index in [1.54, 1.807) is 7.11 Å². The molecule has 2 aliphatic heterocycles. The Morgan fingerprint density at radius 3 is 1.95 bits per heavy atom. The van der Waals surface area contributed by atoms with Crippen LogP contribution in [-0.2, 0) is 24.2 Å². The summed E-state index contributed by atoms with van der Waals surface area (Å²) >= 11 is -2.52. The number of carbonyl (C=O) groups excluding carboxylic acids is 1. The van der Waals surface area contributed by atoms with E-state index >= 15 is 0 Å². The van der Waals surface area contributed by atoms with Gasteiger partial charge < -0.3 is 0 Å². The zero-order valence-electron chi connectivity index (χ0n) is 36.3. The van der Waals surface area contributed by atoms with Crippen LogP contribution in [-0.4, -0.2) is 75.7 Å². The Morgan fingerprint density at radius 1 is 0.860 bits per heavy atom. The molecular formula is C48H70N2O5SiSn. The van der Waals surface area contributed by atoms with Crippen LogP contribution in [0.3, 0.4) is 0 Å². The molecule has 1 spiro atoms. The van der Waals surface area contributed by atoms with E-state index in [0.29, 0.717) is 13.0 Å². The number of nitrogens with zero attached hydrogens (tertiary/aromatic N) is 2. The van der Waals surface area contributed by atoms with E-state index in [1.165, 1.54) is 75.0 Å². The monoisotopic (exact) mass is 902 g/mol. The molecule has 7 nitrogen and oxygen atoms in total. The number of hydrogen-bond donors (Lipinski definition) is 0. The number of aliphatic imine (C=N–C) groups is 1. The summed E-state index contributed by atoms with van der Waals surface area (Å²) in [5.41, 5.74) is 1.56. The van der Waals surface area contributed by atoms with Crippen molar-refractivity contribution in [3.05, 3.63) is 90.5 Å². The Bertz CT molecular complexity index is 1740. The third-order valence-corrected chi connectivity index (χ3v) is 33.3. The van der Waals surface area contributed by atoms with E-state index in [1.807, 2.05) is 11.0 Å². The molecule has 3 aromatic rings. The molecule has 3 aromatic carbocycles. The van der Waals surface area contributed by atoms with Gasteiger partial charge >= 0.3 is 270 Å². The third kappa shape index (κ3) is 8.08. The van der Waals surface area contributed by atoms with Gasteiger partial charge in [-0.3, -0.25) is 0 Å².